The van der Waals surface area contributed by atoms with Crippen molar-refractivity contribution in [1.29, 1.82) is 0 Å². The molecule has 1 heterocycles. The summed E-state index contributed by atoms with van der Waals surface area (Å²) in [4.78, 5) is 15.7. The van der Waals surface area contributed by atoms with Crippen molar-refractivity contribution in [3.05, 3.63) is 30.1 Å². The van der Waals surface area contributed by atoms with E-state index < -0.39 is 5.60 Å². The average Bonchev–Trinajstić information content (AvgIpc) is 2.31. The van der Waals surface area contributed by atoms with Crippen molar-refractivity contribution in [2.24, 2.45) is 0 Å². The molecule has 1 aliphatic carbocycles. The molecule has 5 heteroatoms. The first-order valence-electron chi connectivity index (χ1n) is 7.04. The molecule has 20 heavy (non-hydrogen) atoms. The van der Waals surface area contributed by atoms with Crippen molar-refractivity contribution < 1.29 is 9.53 Å². The molecule has 1 aromatic heterocycles. The molecule has 0 bridgehead atoms. The second kappa shape index (κ2) is 6.22. The fourth-order valence-corrected chi connectivity index (χ4v) is 2.14. The number of carbonyl (C=O) groups excluding carboxylic acids is 1. The molecular weight excluding hydrogens is 254 g/mol. The third kappa shape index (κ3) is 4.81. The van der Waals surface area contributed by atoms with E-state index in [4.69, 9.17) is 4.74 Å². The van der Waals surface area contributed by atoms with E-state index >= 15 is 0 Å². The van der Waals surface area contributed by atoms with Crippen LogP contribution in [0.25, 0.3) is 0 Å². The molecule has 1 fully saturated rings. The van der Waals surface area contributed by atoms with Crippen LogP contribution in [0.1, 0.15) is 39.2 Å². The van der Waals surface area contributed by atoms with Crippen LogP contribution in [0.2, 0.25) is 0 Å². The Kier molecular flexibility index (Phi) is 4.60. The van der Waals surface area contributed by atoms with Gasteiger partial charge in [-0.25, -0.2) is 4.79 Å². The van der Waals surface area contributed by atoms with Crippen molar-refractivity contribution in [3.8, 4) is 0 Å². The maximum absolute atomic E-state index is 11.6. The van der Waals surface area contributed by atoms with Crippen molar-refractivity contribution in [2.75, 3.05) is 0 Å². The number of carbonyl (C=O) groups is 1. The first-order valence-corrected chi connectivity index (χ1v) is 7.04. The van der Waals surface area contributed by atoms with Crippen LogP contribution in [0.3, 0.4) is 0 Å². The smallest absolute Gasteiger partial charge is 0.407 e. The quantitative estimate of drug-likeness (QED) is 0.886. The molecule has 1 aromatic rings. The molecule has 1 aliphatic rings. The van der Waals surface area contributed by atoms with E-state index in [2.05, 4.69) is 21.7 Å². The van der Waals surface area contributed by atoms with Gasteiger partial charge in [-0.2, -0.15) is 0 Å². The van der Waals surface area contributed by atoms with E-state index in [-0.39, 0.29) is 12.1 Å². The molecule has 1 saturated carbocycles. The van der Waals surface area contributed by atoms with Gasteiger partial charge >= 0.3 is 6.09 Å². The van der Waals surface area contributed by atoms with Gasteiger partial charge < -0.3 is 15.4 Å². The molecular formula is C15H23N3O2. The number of aromatic nitrogens is 1. The topological polar surface area (TPSA) is 63.2 Å². The van der Waals surface area contributed by atoms with Crippen LogP contribution in [0.5, 0.6) is 0 Å². The van der Waals surface area contributed by atoms with E-state index in [9.17, 15) is 4.79 Å². The molecule has 0 atom stereocenters. The number of alkyl carbamates (subject to hydrolysis) is 1. The number of nitrogens with zero attached hydrogens (tertiary/aromatic N) is 1. The Labute approximate surface area is 120 Å². The van der Waals surface area contributed by atoms with Crippen LogP contribution in [-0.4, -0.2) is 28.8 Å². The summed E-state index contributed by atoms with van der Waals surface area (Å²) in [5.41, 5.74) is 0.738. The predicted molar refractivity (Wildman–Crippen MR) is 77.3 cm³/mol. The Bertz CT molecular complexity index is 436. The Balaban J connectivity index is 1.62. The lowest BCUT2D eigenvalue weighted by Gasteiger charge is -2.36. The third-order valence-electron chi connectivity index (χ3n) is 3.18. The highest BCUT2D eigenvalue weighted by molar-refractivity contribution is 5.68. The summed E-state index contributed by atoms with van der Waals surface area (Å²) in [6, 6.07) is 4.66. The highest BCUT2D eigenvalue weighted by atomic mass is 16.6. The third-order valence-corrected chi connectivity index (χ3v) is 3.18. The fraction of sp³-hybridized carbons (Fsp3) is 0.600. The molecule has 0 spiro atoms. The van der Waals surface area contributed by atoms with Gasteiger partial charge in [-0.05, 0) is 45.2 Å². The molecule has 0 saturated heterocycles. The number of hydrogen-bond acceptors (Lipinski definition) is 4. The zero-order valence-corrected chi connectivity index (χ0v) is 12.3. The lowest BCUT2D eigenvalue weighted by Crippen LogP contribution is -2.52. The molecule has 5 nitrogen and oxygen atoms in total. The normalized spacial score (nSPS) is 21.9. The summed E-state index contributed by atoms with van der Waals surface area (Å²) in [6.45, 7) is 6.42. The van der Waals surface area contributed by atoms with Crippen LogP contribution < -0.4 is 10.6 Å². The van der Waals surface area contributed by atoms with Gasteiger partial charge in [0.05, 0.1) is 0 Å². The Morgan fingerprint density at radius 2 is 2.15 bits per heavy atom. The largest absolute Gasteiger partial charge is 0.444 e. The minimum atomic E-state index is -0.439. The van der Waals surface area contributed by atoms with Gasteiger partial charge in [0.2, 0.25) is 0 Å². The van der Waals surface area contributed by atoms with Gasteiger partial charge in [-0.1, -0.05) is 6.07 Å². The second-order valence-electron chi connectivity index (χ2n) is 6.25. The molecule has 2 rings (SSSR count). The molecule has 110 valence electrons. The molecule has 0 radical (unpaired) electrons. The molecule has 0 aliphatic heterocycles. The Hall–Kier alpha value is -1.62. The predicted octanol–water partition coefficient (Wildman–Crippen LogP) is 2.23. The van der Waals surface area contributed by atoms with E-state index in [0.717, 1.165) is 19.4 Å². The summed E-state index contributed by atoms with van der Waals surface area (Å²) in [7, 11) is 0. The Morgan fingerprint density at radius 1 is 1.40 bits per heavy atom. The van der Waals surface area contributed by atoms with Crippen LogP contribution in [0, 0.1) is 0 Å². The van der Waals surface area contributed by atoms with Crippen LogP contribution >= 0.6 is 0 Å². The SMILES string of the molecule is CC(C)(C)OC(=O)NC1CC(NCc2cccnc2)C1. The van der Waals surface area contributed by atoms with Gasteiger partial charge in [0, 0.05) is 31.0 Å². The monoisotopic (exact) mass is 277 g/mol. The number of hydrogen-bond donors (Lipinski definition) is 2. The molecule has 0 unspecified atom stereocenters. The zero-order chi connectivity index (χ0) is 14.6. The maximum Gasteiger partial charge on any atom is 0.407 e. The minimum Gasteiger partial charge on any atom is -0.444 e. The summed E-state index contributed by atoms with van der Waals surface area (Å²) in [5.74, 6) is 0. The zero-order valence-electron chi connectivity index (χ0n) is 12.3. The van der Waals surface area contributed by atoms with E-state index in [0.29, 0.717) is 6.04 Å². The fourth-order valence-electron chi connectivity index (χ4n) is 2.14. The van der Waals surface area contributed by atoms with Crippen molar-refractivity contribution >= 4 is 6.09 Å². The van der Waals surface area contributed by atoms with Crippen molar-refractivity contribution in [1.82, 2.24) is 15.6 Å². The van der Waals surface area contributed by atoms with Gasteiger partial charge in [-0.15, -0.1) is 0 Å². The van der Waals surface area contributed by atoms with Gasteiger partial charge in [0.1, 0.15) is 5.60 Å². The molecule has 2 N–H and O–H groups in total. The summed E-state index contributed by atoms with van der Waals surface area (Å²) in [6.07, 6.45) is 5.20. The van der Waals surface area contributed by atoms with Crippen molar-refractivity contribution in [2.45, 2.75) is 57.8 Å². The number of rotatable bonds is 4. The number of nitrogens with one attached hydrogen (secondary N) is 2. The van der Waals surface area contributed by atoms with E-state index in [1.807, 2.05) is 33.0 Å². The van der Waals surface area contributed by atoms with E-state index in [1.54, 1.807) is 6.20 Å². The lowest BCUT2D eigenvalue weighted by atomic mass is 9.87. The number of amides is 1. The standard InChI is InChI=1S/C15H23N3O2/c1-15(2,3)20-14(19)18-13-7-12(8-13)17-10-11-5-4-6-16-9-11/h4-6,9,12-13,17H,7-8,10H2,1-3H3,(H,18,19). The van der Waals surface area contributed by atoms with Crippen molar-refractivity contribution in [3.63, 3.8) is 0 Å². The maximum atomic E-state index is 11.6. The van der Waals surface area contributed by atoms with Crippen LogP contribution in [-0.2, 0) is 11.3 Å². The highest BCUT2D eigenvalue weighted by Gasteiger charge is 2.31. The number of ether oxygens (including phenoxy) is 1. The van der Waals surface area contributed by atoms with Gasteiger partial charge in [-0.3, -0.25) is 4.98 Å². The average molecular weight is 277 g/mol. The summed E-state index contributed by atoms with van der Waals surface area (Å²) in [5, 5.41) is 6.34. The molecule has 1 amide bonds. The lowest BCUT2D eigenvalue weighted by molar-refractivity contribution is 0.0465. The summed E-state index contributed by atoms with van der Waals surface area (Å²) >= 11 is 0. The Morgan fingerprint density at radius 3 is 2.75 bits per heavy atom. The van der Waals surface area contributed by atoms with Gasteiger partial charge in [0.15, 0.2) is 0 Å². The van der Waals surface area contributed by atoms with Gasteiger partial charge in [0.25, 0.3) is 0 Å². The van der Waals surface area contributed by atoms with Crippen LogP contribution in [0.15, 0.2) is 24.5 Å². The van der Waals surface area contributed by atoms with Crippen LogP contribution in [0.4, 0.5) is 4.79 Å². The first kappa shape index (κ1) is 14.8. The number of pyridine rings is 1. The first-order chi connectivity index (χ1) is 9.42. The van der Waals surface area contributed by atoms with E-state index in [1.165, 1.54) is 5.56 Å². The summed E-state index contributed by atoms with van der Waals surface area (Å²) < 4.78 is 5.23. The highest BCUT2D eigenvalue weighted by Crippen LogP contribution is 2.21. The second-order valence-corrected chi connectivity index (χ2v) is 6.25. The molecule has 0 aromatic carbocycles. The minimum absolute atomic E-state index is 0.219.